The molecular formula is C31H29FN4O. The van der Waals surface area contributed by atoms with Crippen molar-refractivity contribution in [1.29, 1.82) is 0 Å². The molecule has 2 heterocycles. The first-order valence-electron chi connectivity index (χ1n) is 13.0. The van der Waals surface area contributed by atoms with Crippen LogP contribution in [-0.2, 0) is 0 Å². The molecule has 0 aliphatic heterocycles. The van der Waals surface area contributed by atoms with Gasteiger partial charge in [-0.25, -0.2) is 9.37 Å². The van der Waals surface area contributed by atoms with Gasteiger partial charge in [0.05, 0.1) is 16.6 Å². The maximum Gasteiger partial charge on any atom is 0.255 e. The highest BCUT2D eigenvalue weighted by molar-refractivity contribution is 6.05. The fraction of sp³-hybridized carbons (Fsp3) is 0.258. The molecule has 0 radical (unpaired) electrons. The van der Waals surface area contributed by atoms with E-state index in [1.807, 2.05) is 54.7 Å². The van der Waals surface area contributed by atoms with Gasteiger partial charge in [-0.05, 0) is 97.7 Å². The third-order valence-corrected chi connectivity index (χ3v) is 7.88. The highest BCUT2D eigenvalue weighted by Gasteiger charge is 2.29. The number of nitrogens with one attached hydrogen (secondary N) is 2. The normalized spacial score (nSPS) is 18.6. The molecule has 0 saturated heterocycles. The van der Waals surface area contributed by atoms with Gasteiger partial charge in [0.15, 0.2) is 0 Å². The van der Waals surface area contributed by atoms with E-state index in [4.69, 9.17) is 4.98 Å². The van der Waals surface area contributed by atoms with Crippen LogP contribution < -0.4 is 5.32 Å². The highest BCUT2D eigenvalue weighted by Crippen LogP contribution is 2.43. The monoisotopic (exact) mass is 492 g/mol. The molecule has 2 aromatic heterocycles. The lowest BCUT2D eigenvalue weighted by Crippen LogP contribution is -2.19. The van der Waals surface area contributed by atoms with Crippen molar-refractivity contribution in [3.8, 4) is 0 Å². The Morgan fingerprint density at radius 3 is 2.59 bits per heavy atom. The van der Waals surface area contributed by atoms with Gasteiger partial charge in [0.2, 0.25) is 0 Å². The Kier molecular flexibility index (Phi) is 6.16. The van der Waals surface area contributed by atoms with Gasteiger partial charge in [-0.2, -0.15) is 0 Å². The van der Waals surface area contributed by atoms with Gasteiger partial charge >= 0.3 is 0 Å². The Morgan fingerprint density at radius 1 is 0.973 bits per heavy atom. The Bertz CT molecular complexity index is 1570. The van der Waals surface area contributed by atoms with Crippen LogP contribution in [0.25, 0.3) is 21.9 Å². The Labute approximate surface area is 215 Å². The molecule has 1 saturated carbocycles. The van der Waals surface area contributed by atoms with E-state index < -0.39 is 0 Å². The minimum absolute atomic E-state index is 0.146. The average molecular weight is 493 g/mol. The number of aromatic nitrogens is 3. The number of pyridine rings is 1. The number of carbonyl (C=O) groups excluding carboxylic acids is 1. The number of hydrogen-bond donors (Lipinski definition) is 2. The number of carbonyl (C=O) groups is 1. The molecule has 5 aromatic rings. The zero-order chi connectivity index (χ0) is 25.4. The number of fused-ring (bicyclic) bond motifs is 2. The second kappa shape index (κ2) is 9.77. The van der Waals surface area contributed by atoms with Crippen LogP contribution in [0.3, 0.4) is 0 Å². The van der Waals surface area contributed by atoms with Crippen molar-refractivity contribution in [3.05, 3.63) is 102 Å². The number of H-pyrrole nitrogens is 1. The van der Waals surface area contributed by atoms with Gasteiger partial charge in [0.1, 0.15) is 11.6 Å². The Hall–Kier alpha value is -4.06. The molecule has 1 aliphatic rings. The number of halogens is 1. The third-order valence-electron chi connectivity index (χ3n) is 7.88. The summed E-state index contributed by atoms with van der Waals surface area (Å²) in [7, 11) is 0. The molecule has 1 unspecified atom stereocenters. The number of para-hydroxylation sites is 1. The van der Waals surface area contributed by atoms with Gasteiger partial charge in [-0.3, -0.25) is 9.78 Å². The van der Waals surface area contributed by atoms with Crippen LogP contribution in [0, 0.1) is 11.7 Å². The second-order valence-corrected chi connectivity index (χ2v) is 10.1. The van der Waals surface area contributed by atoms with Crippen molar-refractivity contribution in [2.75, 3.05) is 5.32 Å². The molecule has 0 spiro atoms. The predicted octanol–water partition coefficient (Wildman–Crippen LogP) is 7.58. The van der Waals surface area contributed by atoms with Crippen LogP contribution >= 0.6 is 0 Å². The summed E-state index contributed by atoms with van der Waals surface area (Å²) in [5.41, 5.74) is 5.17. The third kappa shape index (κ3) is 4.71. The van der Waals surface area contributed by atoms with Gasteiger partial charge in [0.25, 0.3) is 5.91 Å². The maximum atomic E-state index is 13.9. The lowest BCUT2D eigenvalue weighted by atomic mass is 9.73. The van der Waals surface area contributed by atoms with Crippen LogP contribution in [0.4, 0.5) is 10.1 Å². The highest BCUT2D eigenvalue weighted by atomic mass is 19.1. The van der Waals surface area contributed by atoms with E-state index in [0.717, 1.165) is 59.1 Å². The number of imidazole rings is 1. The molecule has 6 heteroatoms. The van der Waals surface area contributed by atoms with Gasteiger partial charge < -0.3 is 10.3 Å². The summed E-state index contributed by atoms with van der Waals surface area (Å²) in [4.78, 5) is 25.5. The zero-order valence-corrected chi connectivity index (χ0v) is 20.7. The summed E-state index contributed by atoms with van der Waals surface area (Å²) < 4.78 is 13.9. The number of anilines is 1. The van der Waals surface area contributed by atoms with Crippen molar-refractivity contribution < 1.29 is 9.18 Å². The largest absolute Gasteiger partial charge is 0.342 e. The van der Waals surface area contributed by atoms with Crippen molar-refractivity contribution in [1.82, 2.24) is 15.0 Å². The molecule has 1 amide bonds. The SMILES string of the molecule is CC(c1nc2cc(C(=O)Nc3ccccc3)ccc2[nH]1)C1CCC(c2ccnc3ccc(F)cc23)CC1. The van der Waals surface area contributed by atoms with E-state index in [0.29, 0.717) is 17.4 Å². The standard InChI is InChI=1S/C31H29FN4O/c1-19(20-7-9-21(10-8-20)25-15-16-33-27-14-12-23(32)18-26(25)27)30-35-28-13-11-22(17-29(28)36-30)31(37)34-24-5-3-2-4-6-24/h2-6,11-21H,7-10H2,1H3,(H,34,37)(H,35,36). The molecule has 37 heavy (non-hydrogen) atoms. The lowest BCUT2D eigenvalue weighted by molar-refractivity contribution is 0.102. The summed E-state index contributed by atoms with van der Waals surface area (Å²) in [6.45, 7) is 2.24. The summed E-state index contributed by atoms with van der Waals surface area (Å²) in [5.74, 6) is 1.82. The molecule has 1 atom stereocenters. The minimum Gasteiger partial charge on any atom is -0.342 e. The first-order chi connectivity index (χ1) is 18.0. The van der Waals surface area contributed by atoms with Gasteiger partial charge in [-0.1, -0.05) is 25.1 Å². The van der Waals surface area contributed by atoms with E-state index in [1.165, 1.54) is 11.6 Å². The number of aromatic amines is 1. The summed E-state index contributed by atoms with van der Waals surface area (Å²) in [6, 6.07) is 22.0. The summed E-state index contributed by atoms with van der Waals surface area (Å²) >= 11 is 0. The Morgan fingerprint density at radius 2 is 1.78 bits per heavy atom. The average Bonchev–Trinajstić information content (AvgIpc) is 3.36. The van der Waals surface area contributed by atoms with Gasteiger partial charge in [-0.15, -0.1) is 0 Å². The summed E-state index contributed by atoms with van der Waals surface area (Å²) in [5, 5.41) is 3.87. The number of amides is 1. The first-order valence-corrected chi connectivity index (χ1v) is 13.0. The fourth-order valence-corrected chi connectivity index (χ4v) is 5.76. The van der Waals surface area contributed by atoms with Crippen molar-refractivity contribution in [3.63, 3.8) is 0 Å². The molecule has 6 rings (SSSR count). The minimum atomic E-state index is -0.213. The van der Waals surface area contributed by atoms with Crippen LogP contribution in [0.5, 0.6) is 0 Å². The zero-order valence-electron chi connectivity index (χ0n) is 20.7. The quantitative estimate of drug-likeness (QED) is 0.266. The summed E-state index contributed by atoms with van der Waals surface area (Å²) in [6.07, 6.45) is 6.15. The van der Waals surface area contributed by atoms with E-state index in [1.54, 1.807) is 12.1 Å². The number of benzene rings is 3. The van der Waals surface area contributed by atoms with E-state index in [9.17, 15) is 9.18 Å². The number of hydrogen-bond acceptors (Lipinski definition) is 3. The van der Waals surface area contributed by atoms with E-state index >= 15 is 0 Å². The first kappa shape index (κ1) is 23.3. The van der Waals surface area contributed by atoms with E-state index in [2.05, 4.69) is 28.3 Å². The fourth-order valence-electron chi connectivity index (χ4n) is 5.76. The molecular weight excluding hydrogens is 463 g/mol. The second-order valence-electron chi connectivity index (χ2n) is 10.1. The maximum absolute atomic E-state index is 13.9. The van der Waals surface area contributed by atoms with Crippen molar-refractivity contribution >= 4 is 33.5 Å². The van der Waals surface area contributed by atoms with Crippen molar-refractivity contribution in [2.24, 2.45) is 5.92 Å². The van der Waals surface area contributed by atoms with Crippen LogP contribution in [0.15, 0.2) is 79.0 Å². The van der Waals surface area contributed by atoms with E-state index in [-0.39, 0.29) is 17.6 Å². The molecule has 1 fully saturated rings. The Balaban J connectivity index is 1.15. The molecule has 186 valence electrons. The number of rotatable bonds is 5. The van der Waals surface area contributed by atoms with Crippen LogP contribution in [0.2, 0.25) is 0 Å². The molecule has 3 aromatic carbocycles. The van der Waals surface area contributed by atoms with Crippen molar-refractivity contribution in [2.45, 2.75) is 44.4 Å². The van der Waals surface area contributed by atoms with Crippen LogP contribution in [0.1, 0.15) is 66.2 Å². The molecule has 2 N–H and O–H groups in total. The van der Waals surface area contributed by atoms with Crippen LogP contribution in [-0.4, -0.2) is 20.9 Å². The molecule has 1 aliphatic carbocycles. The van der Waals surface area contributed by atoms with Gasteiger partial charge in [0, 0.05) is 28.8 Å². The molecule has 0 bridgehead atoms. The smallest absolute Gasteiger partial charge is 0.255 e. The number of nitrogens with zero attached hydrogens (tertiary/aromatic N) is 2. The lowest BCUT2D eigenvalue weighted by Gasteiger charge is -2.32. The topological polar surface area (TPSA) is 70.7 Å². The predicted molar refractivity (Wildman–Crippen MR) is 145 cm³/mol. The molecule has 5 nitrogen and oxygen atoms in total.